The molecule has 2 fully saturated rings. The van der Waals surface area contributed by atoms with E-state index in [0.717, 1.165) is 17.0 Å². The minimum absolute atomic E-state index is 0.0396. The average Bonchev–Trinajstić information content (AvgIpc) is 3.26. The van der Waals surface area contributed by atoms with Crippen molar-refractivity contribution in [3.8, 4) is 0 Å². The van der Waals surface area contributed by atoms with Crippen molar-refractivity contribution in [1.29, 1.82) is 0 Å². The second-order valence-corrected chi connectivity index (χ2v) is 7.68. The Morgan fingerprint density at radius 2 is 1.81 bits per heavy atom. The number of carbonyl (C=O) groups is 3. The summed E-state index contributed by atoms with van der Waals surface area (Å²) in [6.45, 7) is 0. The van der Waals surface area contributed by atoms with Crippen molar-refractivity contribution >= 4 is 35.2 Å². The van der Waals surface area contributed by atoms with Crippen LogP contribution in [0.5, 0.6) is 0 Å². The molecule has 160 valence electrons. The molecule has 3 heterocycles. The van der Waals surface area contributed by atoms with Gasteiger partial charge in [-0.2, -0.15) is 5.10 Å². The lowest BCUT2D eigenvalue weighted by Gasteiger charge is -2.30. The summed E-state index contributed by atoms with van der Waals surface area (Å²) in [7, 11) is 0. The molecular formula is C22H15FN4O5. The molecule has 2 aromatic rings. The van der Waals surface area contributed by atoms with Gasteiger partial charge in [-0.3, -0.25) is 29.5 Å². The molecule has 3 aliphatic rings. The lowest BCUT2D eigenvalue weighted by atomic mass is 9.86. The van der Waals surface area contributed by atoms with Crippen molar-refractivity contribution in [2.75, 3.05) is 4.90 Å². The van der Waals surface area contributed by atoms with E-state index in [1.54, 1.807) is 12.2 Å². The molecule has 5 rings (SSSR count). The van der Waals surface area contributed by atoms with Gasteiger partial charge in [0.05, 0.1) is 28.5 Å². The van der Waals surface area contributed by atoms with Crippen molar-refractivity contribution in [3.63, 3.8) is 0 Å². The average molecular weight is 434 g/mol. The summed E-state index contributed by atoms with van der Waals surface area (Å²) < 4.78 is 13.8. The highest BCUT2D eigenvalue weighted by molar-refractivity contribution is 6.24. The maximum atomic E-state index is 13.8. The van der Waals surface area contributed by atoms with E-state index in [1.807, 2.05) is 0 Å². The molecule has 0 spiro atoms. The summed E-state index contributed by atoms with van der Waals surface area (Å²) in [4.78, 5) is 51.6. The van der Waals surface area contributed by atoms with E-state index >= 15 is 0 Å². The molecule has 3 aliphatic heterocycles. The van der Waals surface area contributed by atoms with Gasteiger partial charge in [0.2, 0.25) is 11.8 Å². The number of ketones is 1. The van der Waals surface area contributed by atoms with Gasteiger partial charge >= 0.3 is 0 Å². The molecule has 32 heavy (non-hydrogen) atoms. The Bertz CT molecular complexity index is 1240. The number of fused-ring (bicyclic) bond motifs is 3. The van der Waals surface area contributed by atoms with Gasteiger partial charge < -0.3 is 0 Å². The lowest BCUT2D eigenvalue weighted by Crippen LogP contribution is -2.46. The predicted molar refractivity (Wildman–Crippen MR) is 110 cm³/mol. The van der Waals surface area contributed by atoms with E-state index in [0.29, 0.717) is 0 Å². The smallest absolute Gasteiger partial charge is 0.270 e. The van der Waals surface area contributed by atoms with Crippen LogP contribution in [0.3, 0.4) is 0 Å². The highest BCUT2D eigenvalue weighted by Crippen LogP contribution is 2.46. The van der Waals surface area contributed by atoms with Gasteiger partial charge in [0, 0.05) is 23.9 Å². The SMILES string of the molecule is O=C(c1cccc([N+](=O)[O-])c1)[C@@H]1[C@@H]2C(=O)N(c3cccc(F)c3)C(=O)[C@@H]2[C@@H]2C=CC=NN12. The summed E-state index contributed by atoms with van der Waals surface area (Å²) in [5.74, 6) is -4.30. The number of hydrazone groups is 1. The zero-order chi connectivity index (χ0) is 22.6. The summed E-state index contributed by atoms with van der Waals surface area (Å²) >= 11 is 0. The maximum Gasteiger partial charge on any atom is 0.270 e. The monoisotopic (exact) mass is 434 g/mol. The molecule has 0 N–H and O–H groups in total. The van der Waals surface area contributed by atoms with E-state index < -0.39 is 52.3 Å². The number of Topliss-reactive ketones (excluding diaryl/α,β-unsaturated/α-hetero) is 1. The standard InChI is InChI=1S/C22H15FN4O5/c23-13-5-2-6-14(11-13)25-21(29)17-16-8-3-9-24-26(16)19(18(17)22(25)30)20(28)12-4-1-7-15(10-12)27(31)32/h1-11,16-19H/t16-,17+,18+,19-/m0/s1. The number of hydrogen-bond donors (Lipinski definition) is 0. The number of anilines is 1. The van der Waals surface area contributed by atoms with Crippen LogP contribution in [0, 0.1) is 27.8 Å². The Kier molecular flexibility index (Phi) is 4.43. The minimum atomic E-state index is -1.14. The van der Waals surface area contributed by atoms with E-state index in [9.17, 15) is 28.9 Å². The summed E-state index contributed by atoms with van der Waals surface area (Å²) in [5.41, 5.74) is -0.136. The van der Waals surface area contributed by atoms with Crippen LogP contribution < -0.4 is 4.90 Å². The van der Waals surface area contributed by atoms with Gasteiger partial charge in [0.1, 0.15) is 11.9 Å². The second kappa shape index (κ2) is 7.19. The van der Waals surface area contributed by atoms with Crippen LogP contribution in [0.2, 0.25) is 0 Å². The number of nitro groups is 1. The molecule has 0 bridgehead atoms. The van der Waals surface area contributed by atoms with Gasteiger partial charge in [0.25, 0.3) is 5.69 Å². The van der Waals surface area contributed by atoms with Crippen LogP contribution in [-0.4, -0.2) is 45.8 Å². The third-order valence-corrected chi connectivity index (χ3v) is 5.97. The van der Waals surface area contributed by atoms with Crippen LogP contribution in [0.25, 0.3) is 0 Å². The Hall–Kier alpha value is -4.21. The number of benzene rings is 2. The lowest BCUT2D eigenvalue weighted by molar-refractivity contribution is -0.384. The quantitative estimate of drug-likeness (QED) is 0.316. The molecule has 0 aliphatic carbocycles. The minimum Gasteiger partial charge on any atom is -0.292 e. The van der Waals surface area contributed by atoms with Crippen LogP contribution in [0.15, 0.2) is 65.8 Å². The first-order chi connectivity index (χ1) is 15.4. The Morgan fingerprint density at radius 1 is 1.06 bits per heavy atom. The third-order valence-electron chi connectivity index (χ3n) is 5.97. The zero-order valence-corrected chi connectivity index (χ0v) is 16.4. The van der Waals surface area contributed by atoms with Gasteiger partial charge in [0.15, 0.2) is 5.78 Å². The first-order valence-corrected chi connectivity index (χ1v) is 9.79. The number of halogens is 1. The fraction of sp³-hybridized carbons (Fsp3) is 0.182. The fourth-order valence-corrected chi connectivity index (χ4v) is 4.65. The molecule has 10 heteroatoms. The Balaban J connectivity index is 1.58. The fourth-order valence-electron chi connectivity index (χ4n) is 4.65. The first-order valence-electron chi connectivity index (χ1n) is 9.79. The molecule has 9 nitrogen and oxygen atoms in total. The van der Waals surface area contributed by atoms with Crippen LogP contribution in [0.1, 0.15) is 10.4 Å². The molecule has 2 amide bonds. The highest BCUT2D eigenvalue weighted by atomic mass is 19.1. The van der Waals surface area contributed by atoms with Gasteiger partial charge in [-0.05, 0) is 24.3 Å². The molecule has 0 radical (unpaired) electrons. The van der Waals surface area contributed by atoms with E-state index in [2.05, 4.69) is 5.10 Å². The van der Waals surface area contributed by atoms with Crippen LogP contribution in [-0.2, 0) is 9.59 Å². The normalized spacial score (nSPS) is 25.8. The number of allylic oxidation sites excluding steroid dienone is 1. The van der Waals surface area contributed by atoms with Crippen LogP contribution >= 0.6 is 0 Å². The van der Waals surface area contributed by atoms with Gasteiger partial charge in [-0.1, -0.05) is 24.3 Å². The number of amides is 2. The second-order valence-electron chi connectivity index (χ2n) is 7.68. The molecular weight excluding hydrogens is 419 g/mol. The topological polar surface area (TPSA) is 113 Å². The summed E-state index contributed by atoms with van der Waals surface area (Å²) in [6.07, 6.45) is 4.76. The third kappa shape index (κ3) is 2.83. The van der Waals surface area contributed by atoms with E-state index in [1.165, 1.54) is 47.6 Å². The van der Waals surface area contributed by atoms with Crippen LogP contribution in [0.4, 0.5) is 15.8 Å². The number of hydrogen-bond acceptors (Lipinski definition) is 7. The summed E-state index contributed by atoms with van der Waals surface area (Å²) in [6, 6.07) is 8.55. The Labute approximate surface area is 180 Å². The largest absolute Gasteiger partial charge is 0.292 e. The van der Waals surface area contributed by atoms with Crippen molar-refractivity contribution in [3.05, 3.63) is 82.2 Å². The van der Waals surface area contributed by atoms with Gasteiger partial charge in [-0.15, -0.1) is 0 Å². The zero-order valence-electron chi connectivity index (χ0n) is 16.4. The molecule has 0 unspecified atom stereocenters. The van der Waals surface area contributed by atoms with Crippen molar-refractivity contribution in [1.82, 2.24) is 5.01 Å². The summed E-state index contributed by atoms with van der Waals surface area (Å²) in [5, 5.41) is 16.8. The molecule has 4 atom stereocenters. The van der Waals surface area contributed by atoms with E-state index in [-0.39, 0.29) is 16.9 Å². The number of nitro benzene ring substituents is 1. The number of nitrogens with zero attached hydrogens (tertiary/aromatic N) is 4. The molecule has 2 aromatic carbocycles. The van der Waals surface area contributed by atoms with Crippen molar-refractivity contribution in [2.45, 2.75) is 12.1 Å². The molecule has 0 aromatic heterocycles. The number of carbonyl (C=O) groups excluding carboxylic acids is 3. The maximum absolute atomic E-state index is 13.8. The van der Waals surface area contributed by atoms with Crippen molar-refractivity contribution < 1.29 is 23.7 Å². The number of non-ortho nitro benzene ring substituents is 1. The predicted octanol–water partition coefficient (Wildman–Crippen LogP) is 2.33. The molecule has 0 saturated carbocycles. The molecule has 2 saturated heterocycles. The first kappa shape index (κ1) is 19.7. The highest BCUT2D eigenvalue weighted by Gasteiger charge is 2.64. The number of rotatable bonds is 4. The van der Waals surface area contributed by atoms with Gasteiger partial charge in [-0.25, -0.2) is 9.29 Å². The number of imide groups is 1. The Morgan fingerprint density at radius 3 is 2.56 bits per heavy atom. The van der Waals surface area contributed by atoms with Crippen molar-refractivity contribution in [2.24, 2.45) is 16.9 Å². The van der Waals surface area contributed by atoms with E-state index in [4.69, 9.17) is 0 Å².